The normalized spacial score (nSPS) is 16.0. The highest BCUT2D eigenvalue weighted by Crippen LogP contribution is 2.34. The van der Waals surface area contributed by atoms with Gasteiger partial charge in [-0.2, -0.15) is 13.2 Å². The number of para-hydroxylation sites is 1. The van der Waals surface area contributed by atoms with Gasteiger partial charge in [-0.3, -0.25) is 14.6 Å². The van der Waals surface area contributed by atoms with E-state index in [9.17, 15) is 22.4 Å². The molecule has 1 fully saturated rings. The van der Waals surface area contributed by atoms with Crippen LogP contribution in [0, 0.1) is 5.82 Å². The number of hydrogen-bond acceptors (Lipinski definition) is 3. The third-order valence-corrected chi connectivity index (χ3v) is 5.02. The number of nitrogens with zero attached hydrogens (tertiary/aromatic N) is 2. The Hall–Kier alpha value is -2.16. The zero-order chi connectivity index (χ0) is 21.0. The predicted octanol–water partition coefficient (Wildman–Crippen LogP) is 4.25. The predicted molar refractivity (Wildman–Crippen MR) is 103 cm³/mol. The van der Waals surface area contributed by atoms with E-state index in [1.165, 1.54) is 24.3 Å². The van der Waals surface area contributed by atoms with Gasteiger partial charge in [0.05, 0.1) is 22.8 Å². The average Bonchev–Trinajstić information content (AvgIpc) is 2.66. The minimum Gasteiger partial charge on any atom is -0.324 e. The summed E-state index contributed by atoms with van der Waals surface area (Å²) >= 11 is 5.80. The first-order valence-electron chi connectivity index (χ1n) is 9.07. The molecule has 0 spiro atoms. The summed E-state index contributed by atoms with van der Waals surface area (Å²) in [7, 11) is 0. The van der Waals surface area contributed by atoms with Crippen molar-refractivity contribution >= 4 is 23.2 Å². The number of benzene rings is 2. The molecule has 1 heterocycles. The highest BCUT2D eigenvalue weighted by molar-refractivity contribution is 6.30. The summed E-state index contributed by atoms with van der Waals surface area (Å²) in [6.45, 7) is 3.19. The van der Waals surface area contributed by atoms with Crippen LogP contribution < -0.4 is 5.32 Å². The van der Waals surface area contributed by atoms with Crippen LogP contribution in [-0.2, 0) is 17.5 Å². The molecule has 0 unspecified atom stereocenters. The summed E-state index contributed by atoms with van der Waals surface area (Å²) in [4.78, 5) is 16.3. The zero-order valence-corrected chi connectivity index (χ0v) is 16.2. The smallest absolute Gasteiger partial charge is 0.324 e. The van der Waals surface area contributed by atoms with Gasteiger partial charge in [-0.05, 0) is 29.8 Å². The van der Waals surface area contributed by atoms with E-state index < -0.39 is 23.5 Å². The van der Waals surface area contributed by atoms with Crippen molar-refractivity contribution in [1.29, 1.82) is 0 Å². The van der Waals surface area contributed by atoms with Crippen molar-refractivity contribution in [1.82, 2.24) is 9.80 Å². The molecule has 9 heteroatoms. The number of anilines is 1. The van der Waals surface area contributed by atoms with Gasteiger partial charge >= 0.3 is 6.18 Å². The van der Waals surface area contributed by atoms with Gasteiger partial charge in [-0.1, -0.05) is 29.8 Å². The van der Waals surface area contributed by atoms with Crippen LogP contribution in [0.4, 0.5) is 23.2 Å². The van der Waals surface area contributed by atoms with Gasteiger partial charge in [0, 0.05) is 32.7 Å². The van der Waals surface area contributed by atoms with Crippen LogP contribution >= 0.6 is 11.6 Å². The Labute approximate surface area is 171 Å². The van der Waals surface area contributed by atoms with Crippen LogP contribution in [0.25, 0.3) is 0 Å². The van der Waals surface area contributed by atoms with E-state index in [-0.39, 0.29) is 17.3 Å². The molecule has 0 aromatic heterocycles. The molecule has 3 rings (SSSR count). The lowest BCUT2D eigenvalue weighted by molar-refractivity contribution is -0.137. The van der Waals surface area contributed by atoms with E-state index >= 15 is 0 Å². The lowest BCUT2D eigenvalue weighted by Gasteiger charge is -2.34. The molecule has 4 nitrogen and oxygen atoms in total. The van der Waals surface area contributed by atoms with Crippen molar-refractivity contribution in [3.63, 3.8) is 0 Å². The van der Waals surface area contributed by atoms with E-state index in [2.05, 4.69) is 10.2 Å². The molecule has 0 saturated carbocycles. The van der Waals surface area contributed by atoms with Gasteiger partial charge in [0.15, 0.2) is 0 Å². The Balaban J connectivity index is 1.49. The molecule has 1 saturated heterocycles. The van der Waals surface area contributed by atoms with Gasteiger partial charge in [-0.25, -0.2) is 4.39 Å². The first-order chi connectivity index (χ1) is 13.7. The molecule has 156 valence electrons. The number of nitrogens with one attached hydrogen (secondary N) is 1. The summed E-state index contributed by atoms with van der Waals surface area (Å²) in [5.41, 5.74) is -0.209. The molecule has 2 aromatic carbocycles. The molecule has 29 heavy (non-hydrogen) atoms. The van der Waals surface area contributed by atoms with Crippen molar-refractivity contribution in [2.75, 3.05) is 38.0 Å². The summed E-state index contributed by atoms with van der Waals surface area (Å²) < 4.78 is 52.3. The highest BCUT2D eigenvalue weighted by atomic mass is 35.5. The molecular weight excluding hydrogens is 410 g/mol. The third-order valence-electron chi connectivity index (χ3n) is 4.73. The van der Waals surface area contributed by atoms with Crippen LogP contribution in [0.5, 0.6) is 0 Å². The lowest BCUT2D eigenvalue weighted by Crippen LogP contribution is -2.48. The van der Waals surface area contributed by atoms with Crippen LogP contribution in [0.2, 0.25) is 5.02 Å². The molecule has 2 aromatic rings. The molecule has 1 N–H and O–H groups in total. The minimum absolute atomic E-state index is 0.0163. The molecule has 1 amide bonds. The van der Waals surface area contributed by atoms with Crippen LogP contribution in [0.3, 0.4) is 0 Å². The van der Waals surface area contributed by atoms with Crippen molar-refractivity contribution in [2.45, 2.75) is 12.7 Å². The standard InChI is InChI=1S/C20H20ClF4N3O/c21-16-11-14(5-6-17(16)22)12-27-7-9-28(10-8-27)13-19(29)26-18-4-2-1-3-15(18)20(23,24)25/h1-6,11H,7-10,12-13H2,(H,26,29). The first-order valence-corrected chi connectivity index (χ1v) is 9.45. The van der Waals surface area contributed by atoms with Crippen molar-refractivity contribution in [3.05, 3.63) is 64.4 Å². The van der Waals surface area contributed by atoms with E-state index in [0.717, 1.165) is 11.6 Å². The Kier molecular flexibility index (Phi) is 6.77. The zero-order valence-electron chi connectivity index (χ0n) is 15.5. The maximum absolute atomic E-state index is 13.2. The largest absolute Gasteiger partial charge is 0.418 e. The average molecular weight is 430 g/mol. The quantitative estimate of drug-likeness (QED) is 0.722. The van der Waals surface area contributed by atoms with Crippen LogP contribution in [0.1, 0.15) is 11.1 Å². The molecule has 0 radical (unpaired) electrons. The minimum atomic E-state index is -4.53. The number of hydrogen-bond donors (Lipinski definition) is 1. The molecule has 1 aliphatic heterocycles. The van der Waals surface area contributed by atoms with Gasteiger partial charge in [0.1, 0.15) is 5.82 Å². The second-order valence-corrected chi connectivity index (χ2v) is 7.30. The summed E-state index contributed by atoms with van der Waals surface area (Å²) in [6.07, 6.45) is -4.53. The monoisotopic (exact) mass is 429 g/mol. The van der Waals surface area contributed by atoms with Gasteiger partial charge in [0.25, 0.3) is 0 Å². The Morgan fingerprint density at radius 3 is 2.34 bits per heavy atom. The summed E-state index contributed by atoms with van der Waals surface area (Å²) in [5.74, 6) is -0.946. The number of carbonyl (C=O) groups is 1. The second-order valence-electron chi connectivity index (χ2n) is 6.89. The molecule has 0 bridgehead atoms. The van der Waals surface area contributed by atoms with Crippen molar-refractivity contribution < 1.29 is 22.4 Å². The van der Waals surface area contributed by atoms with E-state index in [1.54, 1.807) is 12.1 Å². The number of alkyl halides is 3. The lowest BCUT2D eigenvalue weighted by atomic mass is 10.1. The number of carbonyl (C=O) groups excluding carboxylic acids is 1. The third kappa shape index (κ3) is 5.91. The van der Waals surface area contributed by atoms with Crippen molar-refractivity contribution in [2.24, 2.45) is 0 Å². The number of halogens is 5. The maximum Gasteiger partial charge on any atom is 0.418 e. The first kappa shape index (κ1) is 21.5. The summed E-state index contributed by atoms with van der Waals surface area (Å²) in [5, 5.41) is 2.44. The summed E-state index contributed by atoms with van der Waals surface area (Å²) in [6, 6.07) is 9.52. The van der Waals surface area contributed by atoms with Crippen LogP contribution in [0.15, 0.2) is 42.5 Å². The number of piperazine rings is 1. The number of amides is 1. The SMILES string of the molecule is O=C(CN1CCN(Cc2ccc(F)c(Cl)c2)CC1)Nc1ccccc1C(F)(F)F. The Morgan fingerprint density at radius 1 is 1.03 bits per heavy atom. The van der Waals surface area contributed by atoms with Gasteiger partial charge in [-0.15, -0.1) is 0 Å². The van der Waals surface area contributed by atoms with E-state index in [1.807, 2.05) is 4.90 Å². The molecule has 1 aliphatic rings. The van der Waals surface area contributed by atoms with Gasteiger partial charge in [0.2, 0.25) is 5.91 Å². The molecule has 0 aliphatic carbocycles. The Morgan fingerprint density at radius 2 is 1.69 bits per heavy atom. The fourth-order valence-corrected chi connectivity index (χ4v) is 3.44. The Bertz CT molecular complexity index is 867. The van der Waals surface area contributed by atoms with Gasteiger partial charge < -0.3 is 5.32 Å². The van der Waals surface area contributed by atoms with E-state index in [4.69, 9.17) is 11.6 Å². The maximum atomic E-state index is 13.2. The van der Waals surface area contributed by atoms with Crippen molar-refractivity contribution in [3.8, 4) is 0 Å². The number of rotatable bonds is 5. The molecule has 0 atom stereocenters. The topological polar surface area (TPSA) is 35.6 Å². The molecular formula is C20H20ClF4N3O. The van der Waals surface area contributed by atoms with E-state index in [0.29, 0.717) is 32.7 Å². The fourth-order valence-electron chi connectivity index (χ4n) is 3.23. The fraction of sp³-hybridized carbons (Fsp3) is 0.350. The van der Waals surface area contributed by atoms with Crippen LogP contribution in [-0.4, -0.2) is 48.4 Å². The highest BCUT2D eigenvalue weighted by Gasteiger charge is 2.33. The second kappa shape index (κ2) is 9.11.